The summed E-state index contributed by atoms with van der Waals surface area (Å²) in [7, 11) is 0. The molecule has 2 heterocycles. The van der Waals surface area contributed by atoms with Crippen LogP contribution < -0.4 is 0 Å². The zero-order chi connectivity index (χ0) is 18.8. The summed E-state index contributed by atoms with van der Waals surface area (Å²) in [6.07, 6.45) is 2.13. The number of hydrogen-bond acceptors (Lipinski definition) is 4. The van der Waals surface area contributed by atoms with Gasteiger partial charge in [0.1, 0.15) is 17.3 Å². The predicted molar refractivity (Wildman–Crippen MR) is 93.8 cm³/mol. The molecular formula is C19H18F2N4O. The molecule has 0 aliphatic heterocycles. The zero-order valence-corrected chi connectivity index (χ0v) is 14.7. The van der Waals surface area contributed by atoms with Gasteiger partial charge in [0.25, 0.3) is 0 Å². The van der Waals surface area contributed by atoms with E-state index in [4.69, 9.17) is 0 Å². The summed E-state index contributed by atoms with van der Waals surface area (Å²) in [4.78, 5) is 13.0. The van der Waals surface area contributed by atoms with E-state index in [0.29, 0.717) is 17.9 Å². The average molecular weight is 356 g/mol. The first-order chi connectivity index (χ1) is 12.4. The first kappa shape index (κ1) is 17.8. The van der Waals surface area contributed by atoms with E-state index >= 15 is 0 Å². The molecule has 0 atom stereocenters. The van der Waals surface area contributed by atoms with Gasteiger partial charge in [0, 0.05) is 23.1 Å². The van der Waals surface area contributed by atoms with E-state index in [1.54, 1.807) is 12.1 Å². The van der Waals surface area contributed by atoms with Gasteiger partial charge in [0.05, 0.1) is 0 Å². The average Bonchev–Trinajstić information content (AvgIpc) is 3.03. The second-order valence-corrected chi connectivity index (χ2v) is 6.18. The number of hydrogen-bond donors (Lipinski definition) is 0. The maximum atomic E-state index is 14.2. The Bertz CT molecular complexity index is 1010. The third-order valence-corrected chi connectivity index (χ3v) is 3.91. The minimum Gasteiger partial charge on any atom is -0.287 e. The number of halogens is 2. The van der Waals surface area contributed by atoms with Gasteiger partial charge in [-0.25, -0.2) is 8.78 Å². The molecular weight excluding hydrogens is 338 g/mol. The van der Waals surface area contributed by atoms with Crippen molar-refractivity contribution in [3.63, 3.8) is 0 Å². The summed E-state index contributed by atoms with van der Waals surface area (Å²) in [6.45, 7) is 5.73. The number of ketones is 1. The minimum absolute atomic E-state index is 0.0491. The molecule has 0 unspecified atom stereocenters. The predicted octanol–water partition coefficient (Wildman–Crippen LogP) is 4.20. The summed E-state index contributed by atoms with van der Waals surface area (Å²) >= 11 is 0. The van der Waals surface area contributed by atoms with Gasteiger partial charge >= 0.3 is 0 Å². The van der Waals surface area contributed by atoms with Gasteiger partial charge in [-0.1, -0.05) is 26.8 Å². The van der Waals surface area contributed by atoms with E-state index in [-0.39, 0.29) is 22.7 Å². The Morgan fingerprint density at radius 3 is 2.62 bits per heavy atom. The van der Waals surface area contributed by atoms with Crippen molar-refractivity contribution in [2.75, 3.05) is 0 Å². The third-order valence-electron chi connectivity index (χ3n) is 3.91. The molecule has 5 nitrogen and oxygen atoms in total. The molecule has 7 heteroatoms. The monoisotopic (exact) mass is 356 g/mol. The van der Waals surface area contributed by atoms with Crippen LogP contribution in [-0.2, 0) is 0 Å². The normalized spacial score (nSPS) is 12.2. The van der Waals surface area contributed by atoms with Gasteiger partial charge in [0.2, 0.25) is 5.78 Å². The molecule has 2 aromatic heterocycles. The molecule has 0 radical (unpaired) electrons. The maximum Gasteiger partial charge on any atom is 0.213 e. The number of Topliss-reactive ketones (excluding diaryl/α,β-unsaturated/α-hetero) is 1. The van der Waals surface area contributed by atoms with Crippen LogP contribution in [0.3, 0.4) is 0 Å². The Hall–Kier alpha value is -2.96. The molecule has 0 aliphatic carbocycles. The Morgan fingerprint density at radius 1 is 1.19 bits per heavy atom. The number of carbonyl (C=O) groups is 1. The van der Waals surface area contributed by atoms with E-state index in [2.05, 4.69) is 15.3 Å². The topological polar surface area (TPSA) is 60.2 Å². The van der Waals surface area contributed by atoms with Crippen LogP contribution in [0.25, 0.3) is 11.2 Å². The van der Waals surface area contributed by atoms with E-state index in [1.165, 1.54) is 16.6 Å². The number of benzene rings is 1. The van der Waals surface area contributed by atoms with Crippen molar-refractivity contribution in [3.05, 3.63) is 65.1 Å². The molecule has 0 fully saturated rings. The fourth-order valence-electron chi connectivity index (χ4n) is 2.66. The van der Waals surface area contributed by atoms with Crippen LogP contribution in [0.1, 0.15) is 55.0 Å². The van der Waals surface area contributed by atoms with Crippen LogP contribution >= 0.6 is 0 Å². The summed E-state index contributed by atoms with van der Waals surface area (Å²) in [6, 6.07) is 6.33. The van der Waals surface area contributed by atoms with E-state index in [0.717, 1.165) is 12.1 Å². The quantitative estimate of drug-likeness (QED) is 0.508. The third kappa shape index (κ3) is 3.24. The molecule has 0 aliphatic rings. The Labute approximate surface area is 149 Å². The van der Waals surface area contributed by atoms with Gasteiger partial charge in [0.15, 0.2) is 11.5 Å². The first-order valence-corrected chi connectivity index (χ1v) is 8.35. The van der Waals surface area contributed by atoms with Crippen LogP contribution in [0.2, 0.25) is 0 Å². The van der Waals surface area contributed by atoms with Crippen LogP contribution in [0.15, 0.2) is 36.4 Å². The highest BCUT2D eigenvalue weighted by molar-refractivity contribution is 6.28. The lowest BCUT2D eigenvalue weighted by Gasteiger charge is -2.09. The van der Waals surface area contributed by atoms with Crippen molar-refractivity contribution in [1.29, 1.82) is 0 Å². The molecule has 134 valence electrons. The lowest BCUT2D eigenvalue weighted by Crippen LogP contribution is -2.11. The second-order valence-electron chi connectivity index (χ2n) is 6.18. The number of carbonyl (C=O) groups excluding carboxylic acids is 1. The summed E-state index contributed by atoms with van der Waals surface area (Å²) in [5.41, 5.74) is 0.867. The van der Waals surface area contributed by atoms with Crippen molar-refractivity contribution < 1.29 is 13.6 Å². The minimum atomic E-state index is -0.786. The van der Waals surface area contributed by atoms with Gasteiger partial charge in [-0.3, -0.25) is 4.79 Å². The molecule has 0 N–H and O–H groups in total. The molecule has 0 saturated heterocycles. The highest BCUT2D eigenvalue weighted by Gasteiger charge is 2.21. The molecule has 0 saturated carbocycles. The van der Waals surface area contributed by atoms with E-state index in [9.17, 15) is 13.6 Å². The maximum absolute atomic E-state index is 14.2. The van der Waals surface area contributed by atoms with Crippen molar-refractivity contribution in [2.24, 2.45) is 0 Å². The van der Waals surface area contributed by atoms with Crippen molar-refractivity contribution in [2.45, 2.75) is 33.1 Å². The zero-order valence-electron chi connectivity index (χ0n) is 14.7. The molecule has 1 aromatic carbocycles. The first-order valence-electron chi connectivity index (χ1n) is 8.35. The van der Waals surface area contributed by atoms with Gasteiger partial charge < -0.3 is 0 Å². The van der Waals surface area contributed by atoms with E-state index < -0.39 is 17.4 Å². The highest BCUT2D eigenvalue weighted by atomic mass is 19.1. The Morgan fingerprint density at radius 2 is 1.96 bits per heavy atom. The molecule has 0 amide bonds. The number of fused-ring (bicyclic) bond motifs is 1. The van der Waals surface area contributed by atoms with Crippen LogP contribution in [0, 0.1) is 11.6 Å². The van der Waals surface area contributed by atoms with Gasteiger partial charge in [-0.05, 0) is 30.7 Å². The summed E-state index contributed by atoms with van der Waals surface area (Å²) in [5, 5.41) is 12.4. The van der Waals surface area contributed by atoms with Crippen LogP contribution in [0.5, 0.6) is 0 Å². The fourth-order valence-corrected chi connectivity index (χ4v) is 2.66. The lowest BCUT2D eigenvalue weighted by molar-refractivity contribution is 0.105. The van der Waals surface area contributed by atoms with Crippen LogP contribution in [-0.4, -0.2) is 25.6 Å². The van der Waals surface area contributed by atoms with Crippen molar-refractivity contribution in [1.82, 2.24) is 19.8 Å². The van der Waals surface area contributed by atoms with Crippen molar-refractivity contribution >= 4 is 17.0 Å². The molecule has 26 heavy (non-hydrogen) atoms. The number of allylic oxidation sites excluding steroid dienone is 2. The van der Waals surface area contributed by atoms with Gasteiger partial charge in [-0.15, -0.1) is 10.2 Å². The number of rotatable bonds is 5. The van der Waals surface area contributed by atoms with Crippen LogP contribution in [0.4, 0.5) is 8.78 Å². The smallest absolute Gasteiger partial charge is 0.213 e. The molecule has 3 rings (SSSR count). The van der Waals surface area contributed by atoms with Crippen molar-refractivity contribution in [3.8, 4) is 0 Å². The Kier molecular flexibility index (Phi) is 4.88. The standard InChI is InChI=1S/C19H18F2N4O/c1-4-5-14(13-7-6-12(20)10-15(13)21)18(26)16-8-9-17-22-23-19(11(2)3)25(17)24-16/h5-11H,4H2,1-3H3/b14-5-. The van der Waals surface area contributed by atoms with Gasteiger partial charge in [-0.2, -0.15) is 9.61 Å². The van der Waals surface area contributed by atoms with E-state index in [1.807, 2.05) is 20.8 Å². The number of aromatic nitrogens is 4. The molecule has 0 spiro atoms. The summed E-state index contributed by atoms with van der Waals surface area (Å²) < 4.78 is 28.9. The second kappa shape index (κ2) is 7.11. The molecule has 3 aromatic rings. The molecule has 0 bridgehead atoms. The Balaban J connectivity index is 2.09. The summed E-state index contributed by atoms with van der Waals surface area (Å²) in [5.74, 6) is -1.22. The fraction of sp³-hybridized carbons (Fsp3) is 0.263. The highest BCUT2D eigenvalue weighted by Crippen LogP contribution is 2.24. The SMILES string of the molecule is CC/C=C(\C(=O)c1ccc2nnc(C(C)C)n2n1)c1ccc(F)cc1F. The number of nitrogens with zero attached hydrogens (tertiary/aromatic N) is 4. The lowest BCUT2D eigenvalue weighted by atomic mass is 9.98. The largest absolute Gasteiger partial charge is 0.287 e.